The maximum Gasteiger partial charge on any atom is 0.157 e. The Morgan fingerprint density at radius 1 is 1.47 bits per heavy atom. The highest BCUT2D eigenvalue weighted by Crippen LogP contribution is 2.27. The van der Waals surface area contributed by atoms with Crippen LogP contribution in [-0.4, -0.2) is 34.0 Å². The van der Waals surface area contributed by atoms with Gasteiger partial charge >= 0.3 is 0 Å². The third-order valence-corrected chi connectivity index (χ3v) is 5.28. The highest BCUT2D eigenvalue weighted by molar-refractivity contribution is 8.14. The summed E-state index contributed by atoms with van der Waals surface area (Å²) < 4.78 is 0. The molecule has 86 valence electrons. The van der Waals surface area contributed by atoms with Crippen LogP contribution >= 0.6 is 23.5 Å². The summed E-state index contributed by atoms with van der Waals surface area (Å²) in [5.74, 6) is 1.34. The van der Waals surface area contributed by atoms with Crippen molar-refractivity contribution in [2.24, 2.45) is 4.99 Å². The quantitative estimate of drug-likeness (QED) is 0.808. The average molecular weight is 244 g/mol. The number of aliphatic imine (C=N–C) groups is 1. The summed E-state index contributed by atoms with van der Waals surface area (Å²) in [5.41, 5.74) is 0. The van der Waals surface area contributed by atoms with Crippen LogP contribution < -0.4 is 5.32 Å². The number of amidine groups is 1. The van der Waals surface area contributed by atoms with Crippen molar-refractivity contribution in [2.75, 3.05) is 12.3 Å². The van der Waals surface area contributed by atoms with Crippen LogP contribution in [0.5, 0.6) is 0 Å². The molecule has 0 amide bonds. The molecular formula is C11H20N2S2. The standard InChI is InChI=1S/C11H20N2S2/c1-8-6-9(2)15-11(13-8)12-7-10-4-3-5-14-10/h8-10H,3-7H2,1-2H3,(H,12,13). The molecule has 2 aliphatic rings. The SMILES string of the molecule is CC1CC(C)SC(=NCC2CCCS2)N1. The van der Waals surface area contributed by atoms with Gasteiger partial charge in [0.05, 0.1) is 6.54 Å². The summed E-state index contributed by atoms with van der Waals surface area (Å²) in [6.45, 7) is 5.55. The number of nitrogens with zero attached hydrogens (tertiary/aromatic N) is 1. The zero-order valence-electron chi connectivity index (χ0n) is 9.53. The van der Waals surface area contributed by atoms with Crippen LogP contribution in [0.1, 0.15) is 33.1 Å². The minimum absolute atomic E-state index is 0.594. The van der Waals surface area contributed by atoms with Crippen molar-refractivity contribution in [3.63, 3.8) is 0 Å². The molecule has 15 heavy (non-hydrogen) atoms. The average Bonchev–Trinajstić information content (AvgIpc) is 2.65. The van der Waals surface area contributed by atoms with Crippen molar-refractivity contribution >= 4 is 28.7 Å². The highest BCUT2D eigenvalue weighted by atomic mass is 32.2. The molecule has 0 radical (unpaired) electrons. The Bertz CT molecular complexity index is 225. The maximum absolute atomic E-state index is 4.71. The largest absolute Gasteiger partial charge is 0.362 e. The molecule has 1 N–H and O–H groups in total. The van der Waals surface area contributed by atoms with Crippen LogP contribution in [0.15, 0.2) is 4.99 Å². The Kier molecular flexibility index (Phi) is 4.26. The Balaban J connectivity index is 1.82. The van der Waals surface area contributed by atoms with Gasteiger partial charge in [0, 0.05) is 16.5 Å². The maximum atomic E-state index is 4.71. The van der Waals surface area contributed by atoms with E-state index in [2.05, 4.69) is 30.9 Å². The van der Waals surface area contributed by atoms with Gasteiger partial charge in [-0.25, -0.2) is 0 Å². The van der Waals surface area contributed by atoms with Crippen LogP contribution in [0.2, 0.25) is 0 Å². The number of rotatable bonds is 2. The highest BCUT2D eigenvalue weighted by Gasteiger charge is 2.20. The zero-order chi connectivity index (χ0) is 10.7. The third-order valence-electron chi connectivity index (χ3n) is 2.83. The Hall–Kier alpha value is 0.170. The van der Waals surface area contributed by atoms with Gasteiger partial charge in [-0.05, 0) is 31.9 Å². The summed E-state index contributed by atoms with van der Waals surface area (Å²) >= 11 is 3.99. The van der Waals surface area contributed by atoms with E-state index in [4.69, 9.17) is 4.99 Å². The van der Waals surface area contributed by atoms with Crippen LogP contribution in [0.4, 0.5) is 0 Å². The molecule has 2 aliphatic heterocycles. The molecule has 2 fully saturated rings. The lowest BCUT2D eigenvalue weighted by molar-refractivity contribution is 0.597. The van der Waals surface area contributed by atoms with Crippen molar-refractivity contribution < 1.29 is 0 Å². The molecule has 4 heteroatoms. The summed E-state index contributed by atoms with van der Waals surface area (Å²) in [6, 6.07) is 0.594. The second-order valence-electron chi connectivity index (χ2n) is 4.49. The van der Waals surface area contributed by atoms with E-state index >= 15 is 0 Å². The fourth-order valence-electron chi connectivity index (χ4n) is 2.10. The smallest absolute Gasteiger partial charge is 0.157 e. The Morgan fingerprint density at radius 3 is 3.00 bits per heavy atom. The summed E-state index contributed by atoms with van der Waals surface area (Å²) in [7, 11) is 0. The van der Waals surface area contributed by atoms with Gasteiger partial charge in [0.2, 0.25) is 0 Å². The van der Waals surface area contributed by atoms with E-state index in [-0.39, 0.29) is 0 Å². The first kappa shape index (κ1) is 11.6. The lowest BCUT2D eigenvalue weighted by Gasteiger charge is -2.27. The van der Waals surface area contributed by atoms with Gasteiger partial charge in [0.15, 0.2) is 5.17 Å². The Morgan fingerprint density at radius 2 is 2.33 bits per heavy atom. The molecule has 0 saturated carbocycles. The fraction of sp³-hybridized carbons (Fsp3) is 0.909. The first-order chi connectivity index (χ1) is 7.24. The lowest BCUT2D eigenvalue weighted by atomic mass is 10.2. The van der Waals surface area contributed by atoms with Gasteiger partial charge in [-0.1, -0.05) is 18.7 Å². The van der Waals surface area contributed by atoms with Crippen LogP contribution in [0, 0.1) is 0 Å². The normalized spacial score (nSPS) is 39.3. The van der Waals surface area contributed by atoms with E-state index in [0.29, 0.717) is 6.04 Å². The summed E-state index contributed by atoms with van der Waals surface area (Å²) in [4.78, 5) is 4.71. The van der Waals surface area contributed by atoms with E-state index in [1.807, 2.05) is 11.8 Å². The van der Waals surface area contributed by atoms with E-state index in [1.54, 1.807) is 0 Å². The molecule has 0 aliphatic carbocycles. The molecule has 0 bridgehead atoms. The lowest BCUT2D eigenvalue weighted by Crippen LogP contribution is -2.38. The van der Waals surface area contributed by atoms with Gasteiger partial charge in [-0.15, -0.1) is 0 Å². The third kappa shape index (κ3) is 3.59. The second kappa shape index (κ2) is 5.48. The molecular weight excluding hydrogens is 224 g/mol. The van der Waals surface area contributed by atoms with Crippen molar-refractivity contribution in [3.8, 4) is 0 Å². The minimum Gasteiger partial charge on any atom is -0.362 e. The van der Waals surface area contributed by atoms with E-state index in [1.165, 1.54) is 30.2 Å². The second-order valence-corrected chi connectivity index (χ2v) is 7.33. The molecule has 2 nitrogen and oxygen atoms in total. The predicted octanol–water partition coefficient (Wildman–Crippen LogP) is 2.74. The molecule has 2 rings (SSSR count). The van der Waals surface area contributed by atoms with E-state index in [9.17, 15) is 0 Å². The minimum atomic E-state index is 0.594. The number of thioether (sulfide) groups is 2. The molecule has 3 unspecified atom stereocenters. The van der Waals surface area contributed by atoms with Crippen LogP contribution in [0.25, 0.3) is 0 Å². The van der Waals surface area contributed by atoms with Gasteiger partial charge in [0.25, 0.3) is 0 Å². The number of hydrogen-bond donors (Lipinski definition) is 1. The molecule has 2 saturated heterocycles. The monoisotopic (exact) mass is 244 g/mol. The summed E-state index contributed by atoms with van der Waals surface area (Å²) in [5, 5.41) is 6.15. The first-order valence-corrected chi connectivity index (χ1v) is 7.76. The fourth-order valence-corrected chi connectivity index (χ4v) is 4.46. The van der Waals surface area contributed by atoms with Gasteiger partial charge in [0.1, 0.15) is 0 Å². The van der Waals surface area contributed by atoms with Crippen molar-refractivity contribution in [1.29, 1.82) is 0 Å². The zero-order valence-corrected chi connectivity index (χ0v) is 11.2. The van der Waals surface area contributed by atoms with Crippen molar-refractivity contribution in [2.45, 2.75) is 49.7 Å². The first-order valence-electron chi connectivity index (χ1n) is 5.83. The summed E-state index contributed by atoms with van der Waals surface area (Å²) in [6.07, 6.45) is 3.99. The Labute approximate surface area is 101 Å². The van der Waals surface area contributed by atoms with Crippen molar-refractivity contribution in [1.82, 2.24) is 5.32 Å². The molecule has 0 aromatic carbocycles. The number of hydrogen-bond acceptors (Lipinski definition) is 3. The van der Waals surface area contributed by atoms with Gasteiger partial charge < -0.3 is 5.32 Å². The van der Waals surface area contributed by atoms with Gasteiger partial charge in [-0.2, -0.15) is 11.8 Å². The van der Waals surface area contributed by atoms with E-state index in [0.717, 1.165) is 17.0 Å². The topological polar surface area (TPSA) is 24.4 Å². The molecule has 0 spiro atoms. The number of nitrogens with one attached hydrogen (secondary N) is 1. The van der Waals surface area contributed by atoms with E-state index < -0.39 is 0 Å². The van der Waals surface area contributed by atoms with Crippen LogP contribution in [0.3, 0.4) is 0 Å². The molecule has 3 atom stereocenters. The van der Waals surface area contributed by atoms with Crippen molar-refractivity contribution in [3.05, 3.63) is 0 Å². The predicted molar refractivity (Wildman–Crippen MR) is 72.0 cm³/mol. The molecule has 0 aromatic heterocycles. The van der Waals surface area contributed by atoms with Gasteiger partial charge in [-0.3, -0.25) is 4.99 Å². The molecule has 2 heterocycles. The molecule has 0 aromatic rings. The van der Waals surface area contributed by atoms with Crippen LogP contribution in [-0.2, 0) is 0 Å².